The van der Waals surface area contributed by atoms with Crippen molar-refractivity contribution in [3.63, 3.8) is 0 Å². The van der Waals surface area contributed by atoms with E-state index in [4.69, 9.17) is 20.4 Å². The van der Waals surface area contributed by atoms with E-state index in [0.717, 1.165) is 24.3 Å². The van der Waals surface area contributed by atoms with Crippen LogP contribution in [-0.2, 0) is 19.2 Å². The van der Waals surface area contributed by atoms with Crippen LogP contribution in [0.25, 0.3) is 0 Å². The van der Waals surface area contributed by atoms with E-state index in [1.165, 1.54) is 0 Å². The van der Waals surface area contributed by atoms with Crippen molar-refractivity contribution < 1.29 is 39.6 Å². The number of carboxylic acid groups (broad SMARTS) is 4. The zero-order valence-electron chi connectivity index (χ0n) is 9.89. The molecule has 0 saturated heterocycles. The predicted octanol–water partition coefficient (Wildman–Crippen LogP) is 0.192. The minimum absolute atomic E-state index is 0.0803. The Hall–Kier alpha value is -2.90. The van der Waals surface area contributed by atoms with Gasteiger partial charge in [0.25, 0.3) is 0 Å². The van der Waals surface area contributed by atoms with E-state index in [0.29, 0.717) is 0 Å². The van der Waals surface area contributed by atoms with Gasteiger partial charge in [0, 0.05) is 0 Å². The second-order valence-corrected chi connectivity index (χ2v) is 3.89. The van der Waals surface area contributed by atoms with E-state index < -0.39 is 35.7 Å². The lowest BCUT2D eigenvalue weighted by atomic mass is 9.94. The molecule has 0 atom stereocenters. The summed E-state index contributed by atoms with van der Waals surface area (Å²) in [6, 6.07) is 4.34. The lowest BCUT2D eigenvalue weighted by Gasteiger charge is -2.11. The molecule has 8 heteroatoms. The summed E-state index contributed by atoms with van der Waals surface area (Å²) in [6.07, 6.45) is 0. The molecule has 0 aliphatic rings. The number of carbonyl (C=O) groups is 4. The van der Waals surface area contributed by atoms with Crippen molar-refractivity contribution in [2.24, 2.45) is 0 Å². The fourth-order valence-electron chi connectivity index (χ4n) is 1.66. The topological polar surface area (TPSA) is 149 Å². The summed E-state index contributed by atoms with van der Waals surface area (Å²) in [4.78, 5) is 43.2. The fourth-order valence-corrected chi connectivity index (χ4v) is 1.66. The van der Waals surface area contributed by atoms with Crippen LogP contribution in [-0.4, -0.2) is 44.3 Å². The Balaban J connectivity index is 3.16. The number of aliphatic carboxylic acids is 4. The Morgan fingerprint density at radius 3 is 0.950 bits per heavy atom. The fraction of sp³-hybridized carbons (Fsp3) is 0.167. The van der Waals surface area contributed by atoms with Gasteiger partial charge in [-0.2, -0.15) is 0 Å². The first kappa shape index (κ1) is 15.2. The van der Waals surface area contributed by atoms with Gasteiger partial charge in [0.05, 0.1) is 0 Å². The van der Waals surface area contributed by atoms with Gasteiger partial charge in [-0.25, -0.2) is 0 Å². The summed E-state index contributed by atoms with van der Waals surface area (Å²) in [5.41, 5.74) is -0.161. The Labute approximate surface area is 111 Å². The molecule has 0 spiro atoms. The summed E-state index contributed by atoms with van der Waals surface area (Å²) >= 11 is 0. The Kier molecular flexibility index (Phi) is 4.42. The first-order valence-electron chi connectivity index (χ1n) is 5.26. The van der Waals surface area contributed by atoms with Crippen LogP contribution < -0.4 is 0 Å². The molecule has 0 saturated carbocycles. The van der Waals surface area contributed by atoms with Crippen molar-refractivity contribution in [3.8, 4) is 0 Å². The molecular formula is C12H10O8. The Morgan fingerprint density at radius 2 is 0.800 bits per heavy atom. The van der Waals surface area contributed by atoms with Crippen molar-refractivity contribution >= 4 is 23.9 Å². The van der Waals surface area contributed by atoms with E-state index >= 15 is 0 Å². The molecule has 1 aromatic rings. The average molecular weight is 282 g/mol. The normalized spacial score (nSPS) is 10.5. The molecule has 0 aliphatic heterocycles. The Bertz CT molecular complexity index is 480. The first-order valence-corrected chi connectivity index (χ1v) is 5.26. The van der Waals surface area contributed by atoms with E-state index in [-0.39, 0.29) is 11.1 Å². The second-order valence-electron chi connectivity index (χ2n) is 3.89. The highest BCUT2D eigenvalue weighted by atomic mass is 16.4. The zero-order valence-corrected chi connectivity index (χ0v) is 9.89. The molecule has 8 nitrogen and oxygen atoms in total. The number of rotatable bonds is 6. The monoisotopic (exact) mass is 282 g/mol. The van der Waals surface area contributed by atoms with Gasteiger partial charge in [-0.3, -0.25) is 19.2 Å². The smallest absolute Gasteiger partial charge is 0.322 e. The molecule has 0 amide bonds. The maximum absolute atomic E-state index is 10.8. The van der Waals surface area contributed by atoms with Crippen LogP contribution in [0.1, 0.15) is 23.0 Å². The largest absolute Gasteiger partial charge is 0.480 e. The van der Waals surface area contributed by atoms with E-state index in [1.807, 2.05) is 0 Å². The zero-order chi connectivity index (χ0) is 15.4. The molecule has 20 heavy (non-hydrogen) atoms. The summed E-state index contributed by atoms with van der Waals surface area (Å²) < 4.78 is 0. The van der Waals surface area contributed by atoms with Gasteiger partial charge >= 0.3 is 23.9 Å². The minimum Gasteiger partial charge on any atom is -0.480 e. The van der Waals surface area contributed by atoms with Crippen molar-refractivity contribution in [2.75, 3.05) is 0 Å². The number of hydrogen-bond acceptors (Lipinski definition) is 4. The number of benzene rings is 1. The third-order valence-corrected chi connectivity index (χ3v) is 2.59. The van der Waals surface area contributed by atoms with Crippen molar-refractivity contribution in [2.45, 2.75) is 11.8 Å². The molecule has 1 rings (SSSR count). The van der Waals surface area contributed by atoms with Crippen molar-refractivity contribution in [1.29, 1.82) is 0 Å². The summed E-state index contributed by atoms with van der Waals surface area (Å²) in [7, 11) is 0. The highest BCUT2D eigenvalue weighted by molar-refractivity contribution is 6.00. The van der Waals surface area contributed by atoms with Gasteiger partial charge in [0.2, 0.25) is 0 Å². The van der Waals surface area contributed by atoms with Crippen LogP contribution in [0, 0.1) is 0 Å². The molecule has 0 unspecified atom stereocenters. The van der Waals surface area contributed by atoms with Gasteiger partial charge in [-0.15, -0.1) is 0 Å². The summed E-state index contributed by atoms with van der Waals surface area (Å²) in [5, 5.41) is 35.1. The highest BCUT2D eigenvalue weighted by Gasteiger charge is 2.30. The van der Waals surface area contributed by atoms with Crippen molar-refractivity contribution in [3.05, 3.63) is 35.4 Å². The molecule has 4 N–H and O–H groups in total. The molecule has 0 radical (unpaired) electrons. The van der Waals surface area contributed by atoms with E-state index in [1.54, 1.807) is 0 Å². The van der Waals surface area contributed by atoms with Gasteiger partial charge < -0.3 is 20.4 Å². The van der Waals surface area contributed by atoms with Crippen LogP contribution in [0.15, 0.2) is 24.3 Å². The predicted molar refractivity (Wildman–Crippen MR) is 62.5 cm³/mol. The van der Waals surface area contributed by atoms with Gasteiger partial charge in [-0.1, -0.05) is 24.3 Å². The lowest BCUT2D eigenvalue weighted by molar-refractivity contribution is -0.152. The maximum Gasteiger partial charge on any atom is 0.322 e. The third kappa shape index (κ3) is 3.10. The number of carboxylic acids is 4. The van der Waals surface area contributed by atoms with Gasteiger partial charge in [0.15, 0.2) is 11.8 Å². The van der Waals surface area contributed by atoms with Crippen LogP contribution in [0.4, 0.5) is 0 Å². The molecule has 0 heterocycles. The molecule has 0 fully saturated rings. The maximum atomic E-state index is 10.8. The third-order valence-electron chi connectivity index (χ3n) is 2.59. The second kappa shape index (κ2) is 5.83. The summed E-state index contributed by atoms with van der Waals surface area (Å²) in [6.45, 7) is 0. The van der Waals surface area contributed by atoms with Crippen LogP contribution in [0.2, 0.25) is 0 Å². The molecular weight excluding hydrogens is 272 g/mol. The molecule has 106 valence electrons. The quantitative estimate of drug-likeness (QED) is 0.540. The minimum atomic E-state index is -1.79. The molecule has 1 aromatic carbocycles. The van der Waals surface area contributed by atoms with Crippen LogP contribution in [0.3, 0.4) is 0 Å². The van der Waals surface area contributed by atoms with Gasteiger partial charge in [0.1, 0.15) is 0 Å². The standard InChI is InChI=1S/C12H10O8/c13-9(14)7(10(15)16)5-1-2-6(4-3-5)8(11(17)18)12(19)20/h1-4,7-8H,(H,13,14)(H,15,16)(H,17,18)(H,19,20). The van der Waals surface area contributed by atoms with Crippen molar-refractivity contribution in [1.82, 2.24) is 0 Å². The van der Waals surface area contributed by atoms with Crippen LogP contribution >= 0.6 is 0 Å². The molecule has 0 aromatic heterocycles. The SMILES string of the molecule is O=C(O)C(C(=O)O)c1ccc(C(C(=O)O)C(=O)O)cc1. The van der Waals surface area contributed by atoms with Crippen LogP contribution in [0.5, 0.6) is 0 Å². The Morgan fingerprint density at radius 1 is 0.600 bits per heavy atom. The van der Waals surface area contributed by atoms with Gasteiger partial charge in [-0.05, 0) is 11.1 Å². The lowest BCUT2D eigenvalue weighted by Crippen LogP contribution is -2.22. The molecule has 0 aliphatic carbocycles. The first-order chi connectivity index (χ1) is 9.25. The van der Waals surface area contributed by atoms with E-state index in [9.17, 15) is 19.2 Å². The number of hydrogen-bond donors (Lipinski definition) is 4. The highest BCUT2D eigenvalue weighted by Crippen LogP contribution is 2.22. The van der Waals surface area contributed by atoms with E-state index in [2.05, 4.69) is 0 Å². The average Bonchev–Trinajstić information content (AvgIpc) is 2.29. The summed E-state index contributed by atoms with van der Waals surface area (Å²) in [5.74, 6) is -9.87. The molecule has 0 bridgehead atoms.